The van der Waals surface area contributed by atoms with E-state index in [1.165, 1.54) is 5.56 Å². The van der Waals surface area contributed by atoms with E-state index in [1.807, 2.05) is 6.07 Å². The molecule has 1 aromatic carbocycles. The molecule has 1 aliphatic rings. The second kappa shape index (κ2) is 5.74. The van der Waals surface area contributed by atoms with Crippen molar-refractivity contribution in [1.82, 2.24) is 5.32 Å². The lowest BCUT2D eigenvalue weighted by atomic mass is 10.1. The zero-order valence-corrected chi connectivity index (χ0v) is 11.6. The predicted octanol–water partition coefficient (Wildman–Crippen LogP) is 2.63. The van der Waals surface area contributed by atoms with Crippen LogP contribution in [0.15, 0.2) is 16.6 Å². The molecule has 1 N–H and O–H groups in total. The molecule has 0 aliphatic carbocycles. The highest BCUT2D eigenvalue weighted by Crippen LogP contribution is 2.32. The van der Waals surface area contributed by atoms with E-state index in [1.54, 1.807) is 0 Å². The maximum Gasteiger partial charge on any atom is 0.221 e. The van der Waals surface area contributed by atoms with E-state index >= 15 is 0 Å². The molecule has 0 saturated carbocycles. The number of nitrogens with one attached hydrogen (secondary N) is 1. The lowest BCUT2D eigenvalue weighted by Gasteiger charge is -2.10. The maximum absolute atomic E-state index is 11.4. The van der Waals surface area contributed by atoms with Crippen molar-refractivity contribution in [2.24, 2.45) is 0 Å². The van der Waals surface area contributed by atoms with Crippen molar-refractivity contribution in [2.75, 3.05) is 12.5 Å². The number of ether oxygens (including phenoxy) is 1. The molecule has 0 bridgehead atoms. The fourth-order valence-corrected chi connectivity index (χ4v) is 2.57. The molecule has 1 heterocycles. The molecule has 0 saturated heterocycles. The average Bonchev–Trinajstić information content (AvgIpc) is 2.74. The monoisotopic (exact) mass is 317 g/mol. The second-order valence-electron chi connectivity index (χ2n) is 3.87. The van der Waals surface area contributed by atoms with Crippen LogP contribution in [0.1, 0.15) is 17.5 Å². The molecule has 5 heteroatoms. The van der Waals surface area contributed by atoms with Crippen LogP contribution in [0.4, 0.5) is 0 Å². The topological polar surface area (TPSA) is 38.3 Å². The second-order valence-corrected chi connectivity index (χ2v) is 5.16. The molecular weight excluding hydrogens is 305 g/mol. The molecule has 1 amide bonds. The summed E-state index contributed by atoms with van der Waals surface area (Å²) >= 11 is 8.97. The number of amides is 1. The van der Waals surface area contributed by atoms with Crippen molar-refractivity contribution >= 4 is 33.4 Å². The molecule has 0 fully saturated rings. The van der Waals surface area contributed by atoms with Gasteiger partial charge in [0.2, 0.25) is 5.91 Å². The zero-order chi connectivity index (χ0) is 12.3. The lowest BCUT2D eigenvalue weighted by molar-refractivity contribution is -0.120. The molecule has 92 valence electrons. The Kier molecular flexibility index (Phi) is 4.29. The summed E-state index contributed by atoms with van der Waals surface area (Å²) in [5, 5.41) is 2.83. The highest BCUT2D eigenvalue weighted by molar-refractivity contribution is 9.10. The Balaban J connectivity index is 2.08. The lowest BCUT2D eigenvalue weighted by Crippen LogP contribution is -2.23. The Morgan fingerprint density at radius 1 is 1.53 bits per heavy atom. The van der Waals surface area contributed by atoms with Crippen LogP contribution in [0.25, 0.3) is 0 Å². The Labute approximate surface area is 114 Å². The van der Waals surface area contributed by atoms with E-state index in [2.05, 4.69) is 27.3 Å². The van der Waals surface area contributed by atoms with Crippen molar-refractivity contribution in [3.63, 3.8) is 0 Å². The first kappa shape index (κ1) is 12.7. The minimum absolute atomic E-state index is 0.0354. The SMILES string of the molecule is O=C(CCCl)NCc1cc(Br)cc2c1OCC2. The van der Waals surface area contributed by atoms with Crippen LogP contribution in [0.5, 0.6) is 5.75 Å². The number of rotatable bonds is 4. The molecule has 2 rings (SSSR count). The first-order valence-electron chi connectivity index (χ1n) is 5.47. The van der Waals surface area contributed by atoms with Gasteiger partial charge in [-0.1, -0.05) is 15.9 Å². The van der Waals surface area contributed by atoms with Gasteiger partial charge in [0.05, 0.1) is 6.61 Å². The molecule has 1 aliphatic heterocycles. The van der Waals surface area contributed by atoms with Crippen LogP contribution in [0.3, 0.4) is 0 Å². The summed E-state index contributed by atoms with van der Waals surface area (Å²) in [6, 6.07) is 4.04. The predicted molar refractivity (Wildman–Crippen MR) is 70.5 cm³/mol. The number of fused-ring (bicyclic) bond motifs is 1. The fourth-order valence-electron chi connectivity index (χ4n) is 1.85. The number of hydrogen-bond acceptors (Lipinski definition) is 2. The van der Waals surface area contributed by atoms with E-state index in [0.717, 1.165) is 22.2 Å². The standard InChI is InChI=1S/C12H13BrClNO2/c13-10-5-8-2-4-17-12(8)9(6-10)7-15-11(16)1-3-14/h5-6H,1-4,7H2,(H,15,16). The smallest absolute Gasteiger partial charge is 0.221 e. The number of hydrogen-bond donors (Lipinski definition) is 1. The number of carbonyl (C=O) groups is 1. The maximum atomic E-state index is 11.4. The van der Waals surface area contributed by atoms with Gasteiger partial charge in [-0.15, -0.1) is 11.6 Å². The van der Waals surface area contributed by atoms with Gasteiger partial charge in [-0.05, 0) is 17.7 Å². The quantitative estimate of drug-likeness (QED) is 0.867. The highest BCUT2D eigenvalue weighted by Gasteiger charge is 2.17. The fraction of sp³-hybridized carbons (Fsp3) is 0.417. The van der Waals surface area contributed by atoms with Crippen LogP contribution in [-0.4, -0.2) is 18.4 Å². The molecular formula is C12H13BrClNO2. The summed E-state index contributed by atoms with van der Waals surface area (Å²) in [5.41, 5.74) is 2.20. The molecule has 0 radical (unpaired) electrons. The van der Waals surface area contributed by atoms with E-state index in [-0.39, 0.29) is 5.91 Å². The van der Waals surface area contributed by atoms with E-state index in [0.29, 0.717) is 25.5 Å². The van der Waals surface area contributed by atoms with E-state index in [4.69, 9.17) is 16.3 Å². The zero-order valence-electron chi connectivity index (χ0n) is 9.26. The third kappa shape index (κ3) is 3.13. The normalized spacial score (nSPS) is 13.1. The van der Waals surface area contributed by atoms with Crippen molar-refractivity contribution in [3.8, 4) is 5.75 Å². The Morgan fingerprint density at radius 2 is 2.35 bits per heavy atom. The first-order chi connectivity index (χ1) is 8.20. The Hall–Kier alpha value is -0.740. The van der Waals surface area contributed by atoms with Crippen molar-refractivity contribution in [1.29, 1.82) is 0 Å². The summed E-state index contributed by atoms with van der Waals surface area (Å²) in [7, 11) is 0. The number of halogens is 2. The molecule has 0 aromatic heterocycles. The summed E-state index contributed by atoms with van der Waals surface area (Å²) in [6.07, 6.45) is 1.27. The summed E-state index contributed by atoms with van der Waals surface area (Å²) in [4.78, 5) is 11.4. The van der Waals surface area contributed by atoms with Gasteiger partial charge in [-0.3, -0.25) is 4.79 Å². The van der Waals surface area contributed by atoms with E-state index < -0.39 is 0 Å². The Bertz CT molecular complexity index is 437. The average molecular weight is 319 g/mol. The molecule has 1 aromatic rings. The van der Waals surface area contributed by atoms with Crippen LogP contribution in [0, 0.1) is 0 Å². The van der Waals surface area contributed by atoms with Gasteiger partial charge in [0.15, 0.2) is 0 Å². The first-order valence-corrected chi connectivity index (χ1v) is 6.80. The number of alkyl halides is 1. The summed E-state index contributed by atoms with van der Waals surface area (Å²) in [5.74, 6) is 1.23. The van der Waals surface area contributed by atoms with E-state index in [9.17, 15) is 4.79 Å². The molecule has 0 atom stereocenters. The van der Waals surface area contributed by atoms with Crippen LogP contribution in [0.2, 0.25) is 0 Å². The van der Waals surface area contributed by atoms with Crippen LogP contribution >= 0.6 is 27.5 Å². The van der Waals surface area contributed by atoms with Gasteiger partial charge in [0.25, 0.3) is 0 Å². The molecule has 3 nitrogen and oxygen atoms in total. The van der Waals surface area contributed by atoms with Gasteiger partial charge in [0, 0.05) is 35.3 Å². The minimum Gasteiger partial charge on any atom is -0.493 e. The summed E-state index contributed by atoms with van der Waals surface area (Å²) in [6.45, 7) is 1.20. The molecule has 17 heavy (non-hydrogen) atoms. The van der Waals surface area contributed by atoms with Crippen LogP contribution in [-0.2, 0) is 17.8 Å². The van der Waals surface area contributed by atoms with Crippen molar-refractivity contribution in [3.05, 3.63) is 27.7 Å². The van der Waals surface area contributed by atoms with Crippen molar-refractivity contribution in [2.45, 2.75) is 19.4 Å². The van der Waals surface area contributed by atoms with Gasteiger partial charge < -0.3 is 10.1 Å². The summed E-state index contributed by atoms with van der Waals surface area (Å²) < 4.78 is 6.60. The van der Waals surface area contributed by atoms with Gasteiger partial charge in [0.1, 0.15) is 5.75 Å². The minimum atomic E-state index is -0.0354. The third-order valence-corrected chi connectivity index (χ3v) is 3.27. The van der Waals surface area contributed by atoms with Gasteiger partial charge in [-0.25, -0.2) is 0 Å². The Morgan fingerprint density at radius 3 is 3.12 bits per heavy atom. The largest absolute Gasteiger partial charge is 0.493 e. The van der Waals surface area contributed by atoms with Gasteiger partial charge in [-0.2, -0.15) is 0 Å². The number of benzene rings is 1. The third-order valence-electron chi connectivity index (χ3n) is 2.62. The van der Waals surface area contributed by atoms with Crippen LogP contribution < -0.4 is 10.1 Å². The molecule has 0 spiro atoms. The highest BCUT2D eigenvalue weighted by atomic mass is 79.9. The van der Waals surface area contributed by atoms with Crippen molar-refractivity contribution < 1.29 is 9.53 Å². The molecule has 0 unspecified atom stereocenters. The number of carbonyl (C=O) groups excluding carboxylic acids is 1. The van der Waals surface area contributed by atoms with Gasteiger partial charge >= 0.3 is 0 Å².